The summed E-state index contributed by atoms with van der Waals surface area (Å²) in [7, 11) is -3.41. The van der Waals surface area contributed by atoms with Crippen LogP contribution in [0.1, 0.15) is 31.9 Å². The van der Waals surface area contributed by atoms with E-state index >= 15 is 0 Å². The molecule has 1 N–H and O–H groups in total. The molecule has 27 heavy (non-hydrogen) atoms. The van der Waals surface area contributed by atoms with E-state index in [9.17, 15) is 13.2 Å². The van der Waals surface area contributed by atoms with Crippen molar-refractivity contribution in [2.75, 3.05) is 51.7 Å². The molecule has 8 heteroatoms. The van der Waals surface area contributed by atoms with Crippen molar-refractivity contribution in [3.05, 3.63) is 35.9 Å². The van der Waals surface area contributed by atoms with Gasteiger partial charge < -0.3 is 10.1 Å². The lowest BCUT2D eigenvalue weighted by Gasteiger charge is -2.30. The Balaban J connectivity index is 1.89. The lowest BCUT2D eigenvalue weighted by Crippen LogP contribution is -2.43. The highest BCUT2D eigenvalue weighted by molar-refractivity contribution is 7.89. The van der Waals surface area contributed by atoms with Crippen molar-refractivity contribution in [1.29, 1.82) is 0 Å². The zero-order valence-corrected chi connectivity index (χ0v) is 17.1. The monoisotopic (exact) mass is 397 g/mol. The number of carbonyl (C=O) groups excluding carboxylic acids is 1. The number of nitrogens with one attached hydrogen (secondary N) is 1. The van der Waals surface area contributed by atoms with Crippen LogP contribution in [0.3, 0.4) is 0 Å². The predicted molar refractivity (Wildman–Crippen MR) is 106 cm³/mol. The second-order valence-corrected chi connectivity index (χ2v) is 8.62. The molecule has 1 atom stereocenters. The average molecular weight is 398 g/mol. The standard InChI is InChI=1S/C19H31N3O4S/c1-3-21(4-2)18(17-8-6-5-7-9-17)16-20-19(23)10-15-27(24,25)22-11-13-26-14-12-22/h5-9,18H,3-4,10-16H2,1-2H3,(H,20,23). The van der Waals surface area contributed by atoms with Crippen LogP contribution in [0.15, 0.2) is 30.3 Å². The maximum absolute atomic E-state index is 12.3. The van der Waals surface area contributed by atoms with Gasteiger partial charge in [-0.05, 0) is 18.7 Å². The number of morpholine rings is 1. The molecule has 0 spiro atoms. The Morgan fingerprint density at radius 2 is 1.81 bits per heavy atom. The fourth-order valence-electron chi connectivity index (χ4n) is 3.27. The molecule has 1 aromatic carbocycles. The van der Waals surface area contributed by atoms with Gasteiger partial charge in [0.1, 0.15) is 0 Å². The van der Waals surface area contributed by atoms with Gasteiger partial charge in [0, 0.05) is 26.1 Å². The predicted octanol–water partition coefficient (Wildman–Crippen LogP) is 1.24. The van der Waals surface area contributed by atoms with Crippen molar-refractivity contribution in [3.63, 3.8) is 0 Å². The summed E-state index contributed by atoms with van der Waals surface area (Å²) in [5, 5.41) is 2.92. The van der Waals surface area contributed by atoms with E-state index in [0.29, 0.717) is 32.8 Å². The molecule has 152 valence electrons. The van der Waals surface area contributed by atoms with E-state index in [0.717, 1.165) is 18.7 Å². The highest BCUT2D eigenvalue weighted by Crippen LogP contribution is 2.19. The van der Waals surface area contributed by atoms with Gasteiger partial charge >= 0.3 is 0 Å². The van der Waals surface area contributed by atoms with Gasteiger partial charge in [-0.2, -0.15) is 4.31 Å². The molecular weight excluding hydrogens is 366 g/mol. The third-order valence-electron chi connectivity index (χ3n) is 4.88. The number of sulfonamides is 1. The van der Waals surface area contributed by atoms with Gasteiger partial charge in [0.25, 0.3) is 0 Å². The minimum atomic E-state index is -3.41. The molecule has 1 amide bonds. The third kappa shape index (κ3) is 6.57. The number of ether oxygens (including phenoxy) is 1. The number of carbonyl (C=O) groups is 1. The molecule has 0 bridgehead atoms. The minimum Gasteiger partial charge on any atom is -0.379 e. The van der Waals surface area contributed by atoms with Crippen molar-refractivity contribution in [1.82, 2.24) is 14.5 Å². The number of hydrogen-bond donors (Lipinski definition) is 1. The summed E-state index contributed by atoms with van der Waals surface area (Å²) < 4.78 is 31.3. The lowest BCUT2D eigenvalue weighted by molar-refractivity contribution is -0.121. The van der Waals surface area contributed by atoms with Crippen molar-refractivity contribution in [2.24, 2.45) is 0 Å². The van der Waals surface area contributed by atoms with Crippen molar-refractivity contribution in [3.8, 4) is 0 Å². The normalized spacial score (nSPS) is 17.0. The number of hydrogen-bond acceptors (Lipinski definition) is 5. The summed E-state index contributed by atoms with van der Waals surface area (Å²) in [5.74, 6) is -0.403. The maximum atomic E-state index is 12.3. The number of rotatable bonds is 10. The van der Waals surface area contributed by atoms with Crippen molar-refractivity contribution >= 4 is 15.9 Å². The number of likely N-dealkylation sites (N-methyl/N-ethyl adjacent to an activating group) is 1. The maximum Gasteiger partial charge on any atom is 0.221 e. The Kier molecular flexibility index (Phi) is 8.69. The van der Waals surface area contributed by atoms with Gasteiger partial charge in [-0.25, -0.2) is 8.42 Å². The molecule has 1 fully saturated rings. The molecule has 1 aromatic rings. The van der Waals surface area contributed by atoms with Crippen molar-refractivity contribution < 1.29 is 17.9 Å². The fraction of sp³-hybridized carbons (Fsp3) is 0.632. The zero-order chi connectivity index (χ0) is 19.7. The van der Waals surface area contributed by atoms with E-state index in [-0.39, 0.29) is 24.1 Å². The molecule has 0 aromatic heterocycles. The Labute approximate surface area is 162 Å². The molecule has 1 aliphatic rings. The summed E-state index contributed by atoms with van der Waals surface area (Å²) in [6, 6.07) is 10.1. The first-order valence-electron chi connectivity index (χ1n) is 9.59. The van der Waals surface area contributed by atoms with Crippen LogP contribution >= 0.6 is 0 Å². The summed E-state index contributed by atoms with van der Waals surface area (Å²) in [5.41, 5.74) is 1.14. The minimum absolute atomic E-state index is 0.0283. The van der Waals surface area contributed by atoms with E-state index in [1.807, 2.05) is 18.2 Å². The fourth-order valence-corrected chi connectivity index (χ4v) is 4.68. The number of benzene rings is 1. The largest absolute Gasteiger partial charge is 0.379 e. The average Bonchev–Trinajstić information content (AvgIpc) is 2.71. The third-order valence-corrected chi connectivity index (χ3v) is 6.75. The zero-order valence-electron chi connectivity index (χ0n) is 16.3. The summed E-state index contributed by atoms with van der Waals surface area (Å²) >= 11 is 0. The Morgan fingerprint density at radius 1 is 1.19 bits per heavy atom. The molecular formula is C19H31N3O4S. The smallest absolute Gasteiger partial charge is 0.221 e. The second-order valence-electron chi connectivity index (χ2n) is 6.53. The topological polar surface area (TPSA) is 79.0 Å². The molecule has 0 saturated carbocycles. The second kappa shape index (κ2) is 10.8. The van der Waals surface area contributed by atoms with Crippen LogP contribution in [0, 0.1) is 0 Å². The van der Waals surface area contributed by atoms with Crippen LogP contribution < -0.4 is 5.32 Å². The first-order chi connectivity index (χ1) is 13.0. The van der Waals surface area contributed by atoms with Crippen molar-refractivity contribution in [2.45, 2.75) is 26.3 Å². The summed E-state index contributed by atoms with van der Waals surface area (Å²) in [4.78, 5) is 14.5. The van der Waals surface area contributed by atoms with Gasteiger partial charge in [0.15, 0.2) is 0 Å². The molecule has 1 saturated heterocycles. The Hall–Kier alpha value is -1.48. The number of nitrogens with zero attached hydrogens (tertiary/aromatic N) is 2. The molecule has 0 aliphatic carbocycles. The van der Waals surface area contributed by atoms with E-state index in [2.05, 4.69) is 36.2 Å². The van der Waals surface area contributed by atoms with E-state index < -0.39 is 10.0 Å². The van der Waals surface area contributed by atoms with Gasteiger partial charge in [0.2, 0.25) is 15.9 Å². The van der Waals surface area contributed by atoms with Crippen LogP contribution in [0.5, 0.6) is 0 Å². The molecule has 1 aliphatic heterocycles. The van der Waals surface area contributed by atoms with Crippen LogP contribution in [-0.2, 0) is 19.6 Å². The lowest BCUT2D eigenvalue weighted by atomic mass is 10.1. The summed E-state index contributed by atoms with van der Waals surface area (Å²) in [6.45, 7) is 7.94. The highest BCUT2D eigenvalue weighted by atomic mass is 32.2. The quantitative estimate of drug-likeness (QED) is 0.643. The van der Waals surface area contributed by atoms with E-state index in [1.165, 1.54) is 4.31 Å². The van der Waals surface area contributed by atoms with E-state index in [1.54, 1.807) is 0 Å². The van der Waals surface area contributed by atoms with Crippen LogP contribution in [0.4, 0.5) is 0 Å². The summed E-state index contributed by atoms with van der Waals surface area (Å²) in [6.07, 6.45) is -0.0283. The van der Waals surface area contributed by atoms with Gasteiger partial charge in [0.05, 0.1) is 25.0 Å². The molecule has 7 nitrogen and oxygen atoms in total. The van der Waals surface area contributed by atoms with Gasteiger partial charge in [-0.1, -0.05) is 44.2 Å². The number of amides is 1. The molecule has 0 radical (unpaired) electrons. The van der Waals surface area contributed by atoms with Crippen LogP contribution in [0.2, 0.25) is 0 Å². The highest BCUT2D eigenvalue weighted by Gasteiger charge is 2.25. The molecule has 1 heterocycles. The Morgan fingerprint density at radius 3 is 2.41 bits per heavy atom. The van der Waals surface area contributed by atoms with Crippen LogP contribution in [0.25, 0.3) is 0 Å². The Bertz CT molecular complexity index is 671. The SMILES string of the molecule is CCN(CC)C(CNC(=O)CCS(=O)(=O)N1CCOCC1)c1ccccc1. The van der Waals surface area contributed by atoms with Gasteiger partial charge in [-0.3, -0.25) is 9.69 Å². The van der Waals surface area contributed by atoms with E-state index in [4.69, 9.17) is 4.74 Å². The molecule has 1 unspecified atom stereocenters. The van der Waals surface area contributed by atoms with Gasteiger partial charge in [-0.15, -0.1) is 0 Å². The molecule has 2 rings (SSSR count). The van der Waals surface area contributed by atoms with Crippen LogP contribution in [-0.4, -0.2) is 75.2 Å². The first kappa shape index (κ1) is 21.8. The first-order valence-corrected chi connectivity index (χ1v) is 11.2.